The number of hydrogen-bond donors (Lipinski definition) is 2. The number of nitrogens with zero attached hydrogens (tertiary/aromatic N) is 1. The second-order valence-electron chi connectivity index (χ2n) is 6.92. The summed E-state index contributed by atoms with van der Waals surface area (Å²) in [5.41, 5.74) is 2.82. The van der Waals surface area contributed by atoms with Gasteiger partial charge in [-0.2, -0.15) is 0 Å². The average molecular weight is 394 g/mol. The molecule has 0 saturated carbocycles. The third-order valence-electron chi connectivity index (χ3n) is 5.05. The molecule has 4 rings (SSSR count). The first-order valence-electron chi connectivity index (χ1n) is 9.50. The Morgan fingerprint density at radius 1 is 1.11 bits per heavy atom. The van der Waals surface area contributed by atoms with Crippen molar-refractivity contribution in [1.29, 1.82) is 0 Å². The van der Waals surface area contributed by atoms with Crippen LogP contribution < -0.4 is 5.32 Å². The Labute approximate surface area is 168 Å². The number of aryl methyl sites for hydroxylation is 1. The SMILES string of the molecule is O=C(NCCCc1ccccc1)[C@H]1CSCN1C(=O)c1c[nH]c2ccccc12. The van der Waals surface area contributed by atoms with Crippen LogP contribution in [-0.2, 0) is 11.2 Å². The van der Waals surface area contributed by atoms with Crippen molar-refractivity contribution < 1.29 is 9.59 Å². The molecule has 1 saturated heterocycles. The van der Waals surface area contributed by atoms with Crippen molar-refractivity contribution in [2.24, 2.45) is 0 Å². The molecule has 3 aromatic rings. The van der Waals surface area contributed by atoms with Gasteiger partial charge in [0.15, 0.2) is 0 Å². The normalized spacial score (nSPS) is 16.4. The van der Waals surface area contributed by atoms with Crippen LogP contribution in [0.3, 0.4) is 0 Å². The van der Waals surface area contributed by atoms with Crippen LogP contribution in [0.15, 0.2) is 60.8 Å². The predicted molar refractivity (Wildman–Crippen MR) is 113 cm³/mol. The predicted octanol–water partition coefficient (Wildman–Crippen LogP) is 3.43. The van der Waals surface area contributed by atoms with Gasteiger partial charge in [-0.05, 0) is 24.5 Å². The molecule has 2 N–H and O–H groups in total. The van der Waals surface area contributed by atoms with Gasteiger partial charge in [0.25, 0.3) is 5.91 Å². The Kier molecular flexibility index (Phi) is 5.67. The van der Waals surface area contributed by atoms with Gasteiger partial charge in [-0.15, -0.1) is 11.8 Å². The van der Waals surface area contributed by atoms with E-state index in [1.807, 2.05) is 42.5 Å². The first kappa shape index (κ1) is 18.6. The lowest BCUT2D eigenvalue weighted by Crippen LogP contribution is -2.47. The maximum atomic E-state index is 13.1. The Morgan fingerprint density at radius 3 is 2.75 bits per heavy atom. The highest BCUT2D eigenvalue weighted by Crippen LogP contribution is 2.26. The molecule has 1 fully saturated rings. The lowest BCUT2D eigenvalue weighted by atomic mass is 10.1. The van der Waals surface area contributed by atoms with Crippen LogP contribution in [0.5, 0.6) is 0 Å². The van der Waals surface area contributed by atoms with Gasteiger partial charge in [0.1, 0.15) is 6.04 Å². The summed E-state index contributed by atoms with van der Waals surface area (Å²) in [5, 5.41) is 3.90. The fourth-order valence-corrected chi connectivity index (χ4v) is 4.68. The highest BCUT2D eigenvalue weighted by Gasteiger charge is 2.35. The monoisotopic (exact) mass is 393 g/mol. The average Bonchev–Trinajstić information content (AvgIpc) is 3.39. The molecule has 0 radical (unpaired) electrons. The van der Waals surface area contributed by atoms with Crippen molar-refractivity contribution >= 4 is 34.5 Å². The molecule has 2 aromatic carbocycles. The number of H-pyrrole nitrogens is 1. The van der Waals surface area contributed by atoms with E-state index in [-0.39, 0.29) is 11.8 Å². The third-order valence-corrected chi connectivity index (χ3v) is 6.06. The minimum Gasteiger partial charge on any atom is -0.360 e. The van der Waals surface area contributed by atoms with Crippen molar-refractivity contribution in [2.75, 3.05) is 18.2 Å². The van der Waals surface area contributed by atoms with Gasteiger partial charge in [0, 0.05) is 29.4 Å². The molecule has 0 bridgehead atoms. The molecule has 6 heteroatoms. The number of benzene rings is 2. The number of carbonyl (C=O) groups excluding carboxylic acids is 2. The molecule has 144 valence electrons. The van der Waals surface area contributed by atoms with Crippen LogP contribution in [-0.4, -0.2) is 45.9 Å². The van der Waals surface area contributed by atoms with Crippen LogP contribution in [0.1, 0.15) is 22.3 Å². The van der Waals surface area contributed by atoms with Gasteiger partial charge in [0.2, 0.25) is 5.91 Å². The van der Waals surface area contributed by atoms with Crippen LogP contribution in [0, 0.1) is 0 Å². The van der Waals surface area contributed by atoms with Crippen molar-refractivity contribution in [2.45, 2.75) is 18.9 Å². The molecule has 0 spiro atoms. The molecular formula is C22H23N3O2S. The van der Waals surface area contributed by atoms with Crippen molar-refractivity contribution in [3.8, 4) is 0 Å². The molecule has 2 amide bonds. The minimum absolute atomic E-state index is 0.0637. The maximum absolute atomic E-state index is 13.1. The van der Waals surface area contributed by atoms with E-state index in [2.05, 4.69) is 22.4 Å². The summed E-state index contributed by atoms with van der Waals surface area (Å²) in [4.78, 5) is 30.6. The van der Waals surface area contributed by atoms with Gasteiger partial charge >= 0.3 is 0 Å². The Bertz CT molecular complexity index is 970. The fourth-order valence-electron chi connectivity index (χ4n) is 3.53. The Morgan fingerprint density at radius 2 is 1.89 bits per heavy atom. The summed E-state index contributed by atoms with van der Waals surface area (Å²) in [6, 6.07) is 17.6. The van der Waals surface area contributed by atoms with Crippen LogP contribution in [0.2, 0.25) is 0 Å². The van der Waals surface area contributed by atoms with Gasteiger partial charge in [-0.3, -0.25) is 9.59 Å². The van der Waals surface area contributed by atoms with Crippen molar-refractivity contribution in [1.82, 2.24) is 15.2 Å². The molecule has 1 aliphatic rings. The topological polar surface area (TPSA) is 65.2 Å². The zero-order valence-electron chi connectivity index (χ0n) is 15.6. The van der Waals surface area contributed by atoms with E-state index in [0.717, 1.165) is 23.7 Å². The molecule has 2 heterocycles. The number of nitrogens with one attached hydrogen (secondary N) is 2. The van der Waals surface area contributed by atoms with Crippen LogP contribution in [0.25, 0.3) is 10.9 Å². The Balaban J connectivity index is 1.36. The number of amides is 2. The lowest BCUT2D eigenvalue weighted by molar-refractivity contribution is -0.124. The summed E-state index contributed by atoms with van der Waals surface area (Å²) in [7, 11) is 0. The molecule has 1 atom stereocenters. The van der Waals surface area contributed by atoms with E-state index in [9.17, 15) is 9.59 Å². The zero-order valence-corrected chi connectivity index (χ0v) is 16.4. The molecule has 1 aliphatic heterocycles. The molecule has 5 nitrogen and oxygen atoms in total. The molecule has 0 unspecified atom stereocenters. The summed E-state index contributed by atoms with van der Waals surface area (Å²) in [5.74, 6) is 1.03. The molecule has 0 aliphatic carbocycles. The second-order valence-corrected chi connectivity index (χ2v) is 7.92. The third kappa shape index (κ3) is 3.92. The molecular weight excluding hydrogens is 370 g/mol. The standard InChI is InChI=1S/C22H23N3O2S/c26-21(23-12-6-9-16-7-2-1-3-8-16)20-14-28-15-25(20)22(27)18-13-24-19-11-5-4-10-17(18)19/h1-5,7-8,10-11,13,20,24H,6,9,12,14-15H2,(H,23,26)/t20-/m1/s1. The highest BCUT2D eigenvalue weighted by atomic mass is 32.2. The van der Waals surface area contributed by atoms with Gasteiger partial charge in [-0.1, -0.05) is 48.5 Å². The summed E-state index contributed by atoms with van der Waals surface area (Å²) >= 11 is 1.62. The van der Waals surface area contributed by atoms with Crippen molar-refractivity contribution in [3.63, 3.8) is 0 Å². The number of fused-ring (bicyclic) bond motifs is 1. The number of aromatic nitrogens is 1. The summed E-state index contributed by atoms with van der Waals surface area (Å²) in [6.45, 7) is 0.615. The number of aromatic amines is 1. The van der Waals surface area contributed by atoms with Gasteiger partial charge in [-0.25, -0.2) is 0 Å². The summed E-state index contributed by atoms with van der Waals surface area (Å²) in [6.07, 6.45) is 3.55. The van der Waals surface area contributed by atoms with Gasteiger partial charge < -0.3 is 15.2 Å². The van der Waals surface area contributed by atoms with Crippen molar-refractivity contribution in [3.05, 3.63) is 71.9 Å². The molecule has 1 aromatic heterocycles. The first-order chi connectivity index (χ1) is 13.7. The van der Waals surface area contributed by atoms with E-state index >= 15 is 0 Å². The largest absolute Gasteiger partial charge is 0.360 e. The number of thioether (sulfide) groups is 1. The number of rotatable bonds is 6. The van der Waals surface area contributed by atoms with Crippen LogP contribution >= 0.6 is 11.8 Å². The Hall–Kier alpha value is -2.73. The zero-order chi connectivity index (χ0) is 19.3. The quantitative estimate of drug-likeness (QED) is 0.631. The first-order valence-corrected chi connectivity index (χ1v) is 10.7. The van der Waals surface area contributed by atoms with Gasteiger partial charge in [0.05, 0.1) is 11.4 Å². The minimum atomic E-state index is -0.414. The number of carbonyl (C=O) groups is 2. The lowest BCUT2D eigenvalue weighted by Gasteiger charge is -2.23. The fraction of sp³-hybridized carbons (Fsp3) is 0.273. The van der Waals surface area contributed by atoms with E-state index in [4.69, 9.17) is 0 Å². The maximum Gasteiger partial charge on any atom is 0.257 e. The van der Waals surface area contributed by atoms with E-state index < -0.39 is 6.04 Å². The summed E-state index contributed by atoms with van der Waals surface area (Å²) < 4.78 is 0. The van der Waals surface area contributed by atoms with E-state index in [0.29, 0.717) is 23.7 Å². The number of para-hydroxylation sites is 1. The second kappa shape index (κ2) is 8.52. The number of hydrogen-bond acceptors (Lipinski definition) is 3. The van der Waals surface area contributed by atoms with E-state index in [1.165, 1.54) is 5.56 Å². The van der Waals surface area contributed by atoms with E-state index in [1.54, 1.807) is 22.9 Å². The molecule has 28 heavy (non-hydrogen) atoms. The highest BCUT2D eigenvalue weighted by molar-refractivity contribution is 7.99. The smallest absolute Gasteiger partial charge is 0.257 e. The van der Waals surface area contributed by atoms with Crippen LogP contribution in [0.4, 0.5) is 0 Å².